The van der Waals surface area contributed by atoms with Crippen LogP contribution in [0.3, 0.4) is 0 Å². The van der Waals surface area contributed by atoms with Crippen molar-refractivity contribution in [3.05, 3.63) is 76.0 Å². The fraction of sp³-hybridized carbons (Fsp3) is 0. The van der Waals surface area contributed by atoms with Gasteiger partial charge in [0.1, 0.15) is 17.4 Å². The van der Waals surface area contributed by atoms with Gasteiger partial charge in [-0.2, -0.15) is 0 Å². The molecule has 0 saturated heterocycles. The van der Waals surface area contributed by atoms with Gasteiger partial charge in [0.05, 0.1) is 15.7 Å². The number of halogens is 4. The van der Waals surface area contributed by atoms with Gasteiger partial charge in [0.25, 0.3) is 5.91 Å². The van der Waals surface area contributed by atoms with Gasteiger partial charge < -0.3 is 9.73 Å². The van der Waals surface area contributed by atoms with Crippen LogP contribution in [0.4, 0.5) is 14.5 Å². The summed E-state index contributed by atoms with van der Waals surface area (Å²) in [6.07, 6.45) is 0. The van der Waals surface area contributed by atoms with Crippen LogP contribution in [0, 0.1) is 11.6 Å². The van der Waals surface area contributed by atoms with Crippen molar-refractivity contribution in [3.8, 4) is 11.3 Å². The number of hydrogen-bond acceptors (Lipinski definition) is 3. The number of amides is 1. The minimum absolute atomic E-state index is 0.0372. The fourth-order valence-corrected chi connectivity index (χ4v) is 2.80. The highest BCUT2D eigenvalue weighted by molar-refractivity contribution is 7.80. The Hall–Kier alpha value is -2.48. The summed E-state index contributed by atoms with van der Waals surface area (Å²) in [6.45, 7) is 0. The zero-order chi connectivity index (χ0) is 19.6. The zero-order valence-electron chi connectivity index (χ0n) is 13.4. The van der Waals surface area contributed by atoms with E-state index in [0.29, 0.717) is 27.4 Å². The lowest BCUT2D eigenvalue weighted by atomic mass is 10.2. The summed E-state index contributed by atoms with van der Waals surface area (Å²) in [7, 11) is 0. The third-order valence-corrected chi connectivity index (χ3v) is 4.48. The molecule has 138 valence electrons. The van der Waals surface area contributed by atoms with Crippen molar-refractivity contribution in [2.45, 2.75) is 0 Å². The molecule has 1 heterocycles. The standard InChI is InChI=1S/C18H10Cl2F2N2O2S/c19-11-3-1-2-10(16(11)20)14-6-7-15(26-14)17(25)24-18(27)23-13-5-4-9(21)8-12(13)22/h1-8H,(H2,23,24,25,27). The van der Waals surface area contributed by atoms with E-state index in [9.17, 15) is 13.6 Å². The first-order valence-electron chi connectivity index (χ1n) is 7.47. The third-order valence-electron chi connectivity index (χ3n) is 3.45. The van der Waals surface area contributed by atoms with Gasteiger partial charge in [-0.15, -0.1) is 0 Å². The Bertz CT molecular complexity index is 1040. The van der Waals surface area contributed by atoms with E-state index >= 15 is 0 Å². The molecule has 0 unspecified atom stereocenters. The van der Waals surface area contributed by atoms with Crippen LogP contribution in [0.25, 0.3) is 11.3 Å². The van der Waals surface area contributed by atoms with E-state index < -0.39 is 17.5 Å². The third kappa shape index (κ3) is 4.44. The smallest absolute Gasteiger partial charge is 0.293 e. The Balaban J connectivity index is 1.70. The van der Waals surface area contributed by atoms with E-state index in [0.717, 1.165) is 12.1 Å². The second-order valence-corrected chi connectivity index (χ2v) is 6.49. The van der Waals surface area contributed by atoms with E-state index in [1.807, 2.05) is 0 Å². The summed E-state index contributed by atoms with van der Waals surface area (Å²) in [6, 6.07) is 10.9. The molecule has 0 aliphatic rings. The van der Waals surface area contributed by atoms with E-state index in [1.54, 1.807) is 24.3 Å². The molecule has 4 nitrogen and oxygen atoms in total. The van der Waals surface area contributed by atoms with Gasteiger partial charge in [-0.05, 0) is 48.6 Å². The van der Waals surface area contributed by atoms with Crippen LogP contribution in [-0.4, -0.2) is 11.0 Å². The molecule has 2 N–H and O–H groups in total. The molecule has 0 saturated carbocycles. The number of anilines is 1. The number of nitrogens with one attached hydrogen (secondary N) is 2. The average Bonchev–Trinajstić information content (AvgIpc) is 3.10. The lowest BCUT2D eigenvalue weighted by Crippen LogP contribution is -2.34. The molecule has 0 spiro atoms. The van der Waals surface area contributed by atoms with Gasteiger partial charge in [-0.3, -0.25) is 10.1 Å². The van der Waals surface area contributed by atoms with Crippen LogP contribution in [0.15, 0.2) is 52.9 Å². The highest BCUT2D eigenvalue weighted by atomic mass is 35.5. The van der Waals surface area contributed by atoms with Crippen LogP contribution in [0.2, 0.25) is 10.0 Å². The summed E-state index contributed by atoms with van der Waals surface area (Å²) >= 11 is 17.1. The molecule has 2 aromatic carbocycles. The molecule has 3 aromatic rings. The van der Waals surface area contributed by atoms with E-state index in [4.69, 9.17) is 39.8 Å². The number of rotatable bonds is 3. The van der Waals surface area contributed by atoms with E-state index in [-0.39, 0.29) is 16.6 Å². The maximum absolute atomic E-state index is 13.6. The number of hydrogen-bond donors (Lipinski definition) is 2. The number of carbonyl (C=O) groups excluding carboxylic acids is 1. The Labute approximate surface area is 168 Å². The first-order valence-corrected chi connectivity index (χ1v) is 8.63. The normalized spacial score (nSPS) is 10.5. The monoisotopic (exact) mass is 426 g/mol. The van der Waals surface area contributed by atoms with Crippen LogP contribution in [0.5, 0.6) is 0 Å². The molecular weight excluding hydrogens is 417 g/mol. The van der Waals surface area contributed by atoms with Crippen LogP contribution >= 0.6 is 35.4 Å². The Kier molecular flexibility index (Phi) is 5.74. The first-order chi connectivity index (χ1) is 12.8. The molecular formula is C18H10Cl2F2N2O2S. The van der Waals surface area contributed by atoms with Gasteiger partial charge in [0.2, 0.25) is 0 Å². The van der Waals surface area contributed by atoms with Crippen molar-refractivity contribution < 1.29 is 18.0 Å². The highest BCUT2D eigenvalue weighted by Gasteiger charge is 2.16. The van der Waals surface area contributed by atoms with Gasteiger partial charge in [0.15, 0.2) is 10.9 Å². The summed E-state index contributed by atoms with van der Waals surface area (Å²) < 4.78 is 32.0. The SMILES string of the molecule is O=C(NC(=S)Nc1ccc(F)cc1F)c1ccc(-c2cccc(Cl)c2Cl)o1. The molecule has 0 radical (unpaired) electrons. The molecule has 3 rings (SSSR count). The number of thiocarbonyl (C=S) groups is 1. The van der Waals surface area contributed by atoms with Crippen molar-refractivity contribution in [2.75, 3.05) is 5.32 Å². The summed E-state index contributed by atoms with van der Waals surface area (Å²) in [4.78, 5) is 12.2. The first kappa shape index (κ1) is 19.3. The predicted molar refractivity (Wildman–Crippen MR) is 104 cm³/mol. The minimum Gasteiger partial charge on any atom is -0.451 e. The maximum atomic E-state index is 13.6. The molecule has 0 atom stereocenters. The summed E-state index contributed by atoms with van der Waals surface area (Å²) in [5.41, 5.74) is 0.449. The van der Waals surface area contributed by atoms with Gasteiger partial charge >= 0.3 is 0 Å². The lowest BCUT2D eigenvalue weighted by Gasteiger charge is -2.09. The minimum atomic E-state index is -0.845. The predicted octanol–water partition coefficient (Wildman–Crippen LogP) is 5.66. The number of benzene rings is 2. The second kappa shape index (κ2) is 8.04. The molecule has 1 aromatic heterocycles. The number of carbonyl (C=O) groups is 1. The van der Waals surface area contributed by atoms with Crippen LogP contribution in [0.1, 0.15) is 10.6 Å². The number of furan rings is 1. The highest BCUT2D eigenvalue weighted by Crippen LogP contribution is 2.34. The Morgan fingerprint density at radius 1 is 1.07 bits per heavy atom. The molecule has 0 fully saturated rings. The van der Waals surface area contributed by atoms with Crippen LogP contribution in [-0.2, 0) is 0 Å². The molecule has 0 bridgehead atoms. The fourth-order valence-electron chi connectivity index (χ4n) is 2.21. The Morgan fingerprint density at radius 3 is 2.59 bits per heavy atom. The van der Waals surface area contributed by atoms with Crippen molar-refractivity contribution >= 4 is 52.1 Å². The van der Waals surface area contributed by atoms with Crippen molar-refractivity contribution in [2.24, 2.45) is 0 Å². The Morgan fingerprint density at radius 2 is 1.85 bits per heavy atom. The van der Waals surface area contributed by atoms with Crippen molar-refractivity contribution in [3.63, 3.8) is 0 Å². The molecule has 9 heteroatoms. The average molecular weight is 427 g/mol. The largest absolute Gasteiger partial charge is 0.451 e. The summed E-state index contributed by atoms with van der Waals surface area (Å²) in [5, 5.41) is 5.29. The van der Waals surface area contributed by atoms with Gasteiger partial charge in [-0.1, -0.05) is 29.3 Å². The molecule has 0 aliphatic heterocycles. The van der Waals surface area contributed by atoms with Gasteiger partial charge in [0, 0.05) is 11.6 Å². The topological polar surface area (TPSA) is 54.3 Å². The summed E-state index contributed by atoms with van der Waals surface area (Å²) in [5.74, 6) is -1.92. The van der Waals surface area contributed by atoms with E-state index in [2.05, 4.69) is 10.6 Å². The zero-order valence-corrected chi connectivity index (χ0v) is 15.7. The van der Waals surface area contributed by atoms with Crippen molar-refractivity contribution in [1.29, 1.82) is 0 Å². The molecule has 0 aliphatic carbocycles. The van der Waals surface area contributed by atoms with Crippen LogP contribution < -0.4 is 10.6 Å². The van der Waals surface area contributed by atoms with E-state index in [1.165, 1.54) is 6.07 Å². The second-order valence-electron chi connectivity index (χ2n) is 5.30. The molecule has 27 heavy (non-hydrogen) atoms. The van der Waals surface area contributed by atoms with Crippen molar-refractivity contribution in [1.82, 2.24) is 5.32 Å². The quantitative estimate of drug-likeness (QED) is 0.530. The lowest BCUT2D eigenvalue weighted by molar-refractivity contribution is 0.0951. The molecule has 1 amide bonds. The maximum Gasteiger partial charge on any atom is 0.293 e. The van der Waals surface area contributed by atoms with Gasteiger partial charge in [-0.25, -0.2) is 8.78 Å².